The SMILES string of the molecule is Cc1ccc(NC(=O)CN(C)C(C)c2nc(C(C)C)no2)cc1. The fourth-order valence-electron chi connectivity index (χ4n) is 2.04. The van der Waals surface area contributed by atoms with Crippen LogP contribution >= 0.6 is 0 Å². The van der Waals surface area contributed by atoms with Gasteiger partial charge in [0.05, 0.1) is 12.6 Å². The standard InChI is InChI=1S/C17H24N4O2/c1-11(2)16-19-17(23-20-16)13(4)21(5)10-15(22)18-14-8-6-12(3)7-9-14/h6-9,11,13H,10H2,1-5H3,(H,18,22). The lowest BCUT2D eigenvalue weighted by molar-refractivity contribution is -0.117. The fourth-order valence-corrected chi connectivity index (χ4v) is 2.04. The molecule has 0 bridgehead atoms. The van der Waals surface area contributed by atoms with Crippen LogP contribution in [0.15, 0.2) is 28.8 Å². The molecule has 6 nitrogen and oxygen atoms in total. The molecule has 1 atom stereocenters. The monoisotopic (exact) mass is 316 g/mol. The summed E-state index contributed by atoms with van der Waals surface area (Å²) in [5.74, 6) is 1.35. The number of hydrogen-bond donors (Lipinski definition) is 1. The summed E-state index contributed by atoms with van der Waals surface area (Å²) in [7, 11) is 1.86. The first kappa shape index (κ1) is 17.1. The molecule has 0 aliphatic carbocycles. The Kier molecular flexibility index (Phi) is 5.50. The fraction of sp³-hybridized carbons (Fsp3) is 0.471. The first-order chi connectivity index (χ1) is 10.9. The molecular formula is C17H24N4O2. The number of likely N-dealkylation sites (N-methyl/N-ethyl adjacent to an activating group) is 1. The van der Waals surface area contributed by atoms with E-state index >= 15 is 0 Å². The third-order valence-electron chi connectivity index (χ3n) is 3.72. The van der Waals surface area contributed by atoms with Crippen molar-refractivity contribution in [3.05, 3.63) is 41.5 Å². The van der Waals surface area contributed by atoms with E-state index in [0.717, 1.165) is 11.3 Å². The Morgan fingerprint density at radius 1 is 1.26 bits per heavy atom. The summed E-state index contributed by atoms with van der Waals surface area (Å²) in [4.78, 5) is 18.4. The second-order valence-electron chi connectivity index (χ2n) is 6.15. The predicted molar refractivity (Wildman–Crippen MR) is 89.2 cm³/mol. The summed E-state index contributed by atoms with van der Waals surface area (Å²) in [6, 6.07) is 7.59. The van der Waals surface area contributed by atoms with Crippen LogP contribution in [0.5, 0.6) is 0 Å². The van der Waals surface area contributed by atoms with Crippen LogP contribution in [0, 0.1) is 6.92 Å². The topological polar surface area (TPSA) is 71.3 Å². The van der Waals surface area contributed by atoms with Gasteiger partial charge in [0, 0.05) is 11.6 Å². The molecular weight excluding hydrogens is 292 g/mol. The third kappa shape index (κ3) is 4.63. The van der Waals surface area contributed by atoms with Gasteiger partial charge in [-0.05, 0) is 33.0 Å². The summed E-state index contributed by atoms with van der Waals surface area (Å²) in [5.41, 5.74) is 1.95. The van der Waals surface area contributed by atoms with Crippen LogP contribution in [0.1, 0.15) is 50.0 Å². The third-order valence-corrected chi connectivity index (χ3v) is 3.72. The van der Waals surface area contributed by atoms with E-state index in [2.05, 4.69) is 15.5 Å². The Labute approximate surface area is 136 Å². The van der Waals surface area contributed by atoms with Crippen molar-refractivity contribution in [2.75, 3.05) is 18.9 Å². The van der Waals surface area contributed by atoms with E-state index in [9.17, 15) is 4.79 Å². The molecule has 1 amide bonds. The van der Waals surface area contributed by atoms with Gasteiger partial charge in [-0.2, -0.15) is 4.98 Å². The quantitative estimate of drug-likeness (QED) is 0.886. The maximum Gasteiger partial charge on any atom is 0.243 e. The molecule has 2 aromatic rings. The molecule has 2 rings (SSSR count). The molecule has 1 heterocycles. The van der Waals surface area contributed by atoms with Crippen LogP contribution in [0.25, 0.3) is 0 Å². The van der Waals surface area contributed by atoms with Gasteiger partial charge in [0.25, 0.3) is 0 Å². The smallest absolute Gasteiger partial charge is 0.243 e. The zero-order valence-electron chi connectivity index (χ0n) is 14.3. The highest BCUT2D eigenvalue weighted by Crippen LogP contribution is 2.19. The lowest BCUT2D eigenvalue weighted by Crippen LogP contribution is -2.32. The first-order valence-electron chi connectivity index (χ1n) is 7.77. The highest BCUT2D eigenvalue weighted by Gasteiger charge is 2.21. The van der Waals surface area contributed by atoms with E-state index in [-0.39, 0.29) is 24.4 Å². The van der Waals surface area contributed by atoms with Crippen LogP contribution < -0.4 is 5.32 Å². The Morgan fingerprint density at radius 2 is 1.91 bits per heavy atom. The van der Waals surface area contributed by atoms with Gasteiger partial charge in [-0.25, -0.2) is 0 Å². The van der Waals surface area contributed by atoms with Crippen LogP contribution in [0.2, 0.25) is 0 Å². The molecule has 0 aliphatic heterocycles. The Morgan fingerprint density at radius 3 is 2.48 bits per heavy atom. The lowest BCUT2D eigenvalue weighted by atomic mass is 10.2. The number of aromatic nitrogens is 2. The van der Waals surface area contributed by atoms with Crippen molar-refractivity contribution in [3.8, 4) is 0 Å². The minimum atomic E-state index is -0.126. The van der Waals surface area contributed by atoms with E-state index in [4.69, 9.17) is 4.52 Å². The first-order valence-corrected chi connectivity index (χ1v) is 7.77. The largest absolute Gasteiger partial charge is 0.338 e. The van der Waals surface area contributed by atoms with Gasteiger partial charge in [0.1, 0.15) is 0 Å². The van der Waals surface area contributed by atoms with Crippen LogP contribution in [0.4, 0.5) is 5.69 Å². The van der Waals surface area contributed by atoms with Gasteiger partial charge < -0.3 is 9.84 Å². The number of nitrogens with zero attached hydrogens (tertiary/aromatic N) is 3. The number of carbonyl (C=O) groups is 1. The summed E-state index contributed by atoms with van der Waals surface area (Å²) in [5, 5.41) is 6.84. The summed E-state index contributed by atoms with van der Waals surface area (Å²) in [6.07, 6.45) is 0. The van der Waals surface area contributed by atoms with Gasteiger partial charge in [-0.1, -0.05) is 36.7 Å². The van der Waals surface area contributed by atoms with Gasteiger partial charge in [0.2, 0.25) is 11.8 Å². The summed E-state index contributed by atoms with van der Waals surface area (Å²) < 4.78 is 5.29. The molecule has 23 heavy (non-hydrogen) atoms. The van der Waals surface area contributed by atoms with Crippen molar-refractivity contribution in [2.45, 2.75) is 39.7 Å². The minimum Gasteiger partial charge on any atom is -0.338 e. The summed E-state index contributed by atoms with van der Waals surface area (Å²) >= 11 is 0. The van der Waals surface area contributed by atoms with Gasteiger partial charge >= 0.3 is 0 Å². The highest BCUT2D eigenvalue weighted by atomic mass is 16.5. The Hall–Kier alpha value is -2.21. The molecule has 6 heteroatoms. The minimum absolute atomic E-state index is 0.0770. The second-order valence-corrected chi connectivity index (χ2v) is 6.15. The molecule has 124 valence electrons. The van der Waals surface area contributed by atoms with Gasteiger partial charge in [0.15, 0.2) is 5.82 Å². The van der Waals surface area contributed by atoms with Crippen molar-refractivity contribution in [2.24, 2.45) is 0 Å². The molecule has 0 saturated carbocycles. The number of rotatable bonds is 6. The Balaban J connectivity index is 1.92. The van der Waals surface area contributed by atoms with Gasteiger partial charge in [-0.3, -0.25) is 9.69 Å². The molecule has 0 spiro atoms. The van der Waals surface area contributed by atoms with Crippen molar-refractivity contribution in [1.29, 1.82) is 0 Å². The van der Waals surface area contributed by atoms with E-state index in [1.165, 1.54) is 0 Å². The van der Waals surface area contributed by atoms with Crippen LogP contribution in [-0.4, -0.2) is 34.5 Å². The molecule has 0 aliphatic rings. The average molecular weight is 316 g/mol. The Bertz CT molecular complexity index is 649. The second kappa shape index (κ2) is 7.37. The van der Waals surface area contributed by atoms with E-state index in [1.54, 1.807) is 0 Å². The van der Waals surface area contributed by atoms with E-state index < -0.39 is 0 Å². The molecule has 1 N–H and O–H groups in total. The van der Waals surface area contributed by atoms with Gasteiger partial charge in [-0.15, -0.1) is 0 Å². The normalized spacial score (nSPS) is 12.7. The maximum absolute atomic E-state index is 12.1. The van der Waals surface area contributed by atoms with Crippen molar-refractivity contribution in [3.63, 3.8) is 0 Å². The molecule has 0 radical (unpaired) electrons. The van der Waals surface area contributed by atoms with Crippen molar-refractivity contribution < 1.29 is 9.32 Å². The average Bonchev–Trinajstić information content (AvgIpc) is 2.98. The number of anilines is 1. The highest BCUT2D eigenvalue weighted by molar-refractivity contribution is 5.92. The molecule has 1 aromatic carbocycles. The van der Waals surface area contributed by atoms with Crippen molar-refractivity contribution >= 4 is 11.6 Å². The number of carbonyl (C=O) groups excluding carboxylic acids is 1. The van der Waals surface area contributed by atoms with E-state index in [0.29, 0.717) is 11.7 Å². The number of aryl methyl sites for hydroxylation is 1. The zero-order chi connectivity index (χ0) is 17.0. The number of benzene rings is 1. The molecule has 0 saturated heterocycles. The number of nitrogens with one attached hydrogen (secondary N) is 1. The lowest BCUT2D eigenvalue weighted by Gasteiger charge is -2.20. The zero-order valence-corrected chi connectivity index (χ0v) is 14.3. The number of amides is 1. The predicted octanol–water partition coefficient (Wildman–Crippen LogP) is 3.13. The number of hydrogen-bond acceptors (Lipinski definition) is 5. The maximum atomic E-state index is 12.1. The van der Waals surface area contributed by atoms with E-state index in [1.807, 2.05) is 63.9 Å². The molecule has 1 unspecified atom stereocenters. The summed E-state index contributed by atoms with van der Waals surface area (Å²) in [6.45, 7) is 8.22. The molecule has 0 fully saturated rings. The van der Waals surface area contributed by atoms with Crippen LogP contribution in [-0.2, 0) is 4.79 Å². The molecule has 1 aromatic heterocycles. The van der Waals surface area contributed by atoms with Crippen LogP contribution in [0.3, 0.4) is 0 Å². The van der Waals surface area contributed by atoms with Crippen molar-refractivity contribution in [1.82, 2.24) is 15.0 Å².